The van der Waals surface area contributed by atoms with Crippen LogP contribution in [0.5, 0.6) is 0 Å². The van der Waals surface area contributed by atoms with Gasteiger partial charge in [0.1, 0.15) is 5.78 Å². The van der Waals surface area contributed by atoms with Crippen LogP contribution in [0.15, 0.2) is 0 Å². The highest BCUT2D eigenvalue weighted by molar-refractivity contribution is 7.80. The Morgan fingerprint density at radius 1 is 1.03 bits per heavy atom. The van der Waals surface area contributed by atoms with Gasteiger partial charge in [0.05, 0.1) is 6.61 Å². The first-order valence-electron chi connectivity index (χ1n) is 13.2. The standard InChI is InChI=1S/C26H44O5S/c1-5-18-20-10-6-7-14-25(20,3)22-13-15-26(4)19(11-12-21(26)23(22)24(18)27)17(2)9-8-16-31-32(28,29)30/h17-23H,5-16H2,1-4H3,(H,28,29,30)/t17-,18-,19-,20+,21?,22?,23?,25+,26-/m1/s1. The van der Waals surface area contributed by atoms with Crippen molar-refractivity contribution in [3.8, 4) is 0 Å². The van der Waals surface area contributed by atoms with Gasteiger partial charge in [-0.15, -0.1) is 0 Å². The fourth-order valence-electron chi connectivity index (χ4n) is 9.46. The maximum atomic E-state index is 14.0. The van der Waals surface area contributed by atoms with Crippen LogP contribution in [0.4, 0.5) is 0 Å². The van der Waals surface area contributed by atoms with Crippen molar-refractivity contribution in [3.63, 3.8) is 0 Å². The molecule has 6 heteroatoms. The van der Waals surface area contributed by atoms with Crippen molar-refractivity contribution >= 4 is 16.2 Å². The van der Waals surface area contributed by atoms with E-state index in [0.717, 1.165) is 19.3 Å². The lowest BCUT2D eigenvalue weighted by molar-refractivity contribution is -0.168. The minimum absolute atomic E-state index is 0.0388. The van der Waals surface area contributed by atoms with Gasteiger partial charge < -0.3 is 0 Å². The number of rotatable bonds is 7. The summed E-state index contributed by atoms with van der Waals surface area (Å²) in [6, 6.07) is 0. The molecule has 0 amide bonds. The maximum Gasteiger partial charge on any atom is 0.397 e. The molecule has 0 bridgehead atoms. The zero-order valence-corrected chi connectivity index (χ0v) is 21.3. The summed E-state index contributed by atoms with van der Waals surface area (Å²) in [5.41, 5.74) is 0.548. The van der Waals surface area contributed by atoms with Crippen LogP contribution in [-0.2, 0) is 19.4 Å². The number of hydrogen-bond acceptors (Lipinski definition) is 4. The topological polar surface area (TPSA) is 80.7 Å². The van der Waals surface area contributed by atoms with E-state index < -0.39 is 10.4 Å². The van der Waals surface area contributed by atoms with Gasteiger partial charge in [0, 0.05) is 11.8 Å². The molecule has 0 aliphatic heterocycles. The Morgan fingerprint density at radius 3 is 2.44 bits per heavy atom. The van der Waals surface area contributed by atoms with Crippen LogP contribution in [-0.4, -0.2) is 25.4 Å². The van der Waals surface area contributed by atoms with Gasteiger partial charge in [-0.3, -0.25) is 9.35 Å². The number of fused-ring (bicyclic) bond motifs is 5. The summed E-state index contributed by atoms with van der Waals surface area (Å²) >= 11 is 0. The second kappa shape index (κ2) is 8.96. The Kier molecular flexibility index (Phi) is 6.90. The highest BCUT2D eigenvalue weighted by atomic mass is 32.3. The van der Waals surface area contributed by atoms with Gasteiger partial charge in [-0.25, -0.2) is 4.18 Å². The molecule has 3 unspecified atom stereocenters. The highest BCUT2D eigenvalue weighted by Gasteiger charge is 2.64. The average molecular weight is 469 g/mol. The fourth-order valence-corrected chi connectivity index (χ4v) is 9.79. The number of carbonyl (C=O) groups is 1. The molecule has 4 aliphatic rings. The summed E-state index contributed by atoms with van der Waals surface area (Å²) in [5.74, 6) is 3.82. The number of Topliss-reactive ketones (excluding diaryl/α,β-unsaturated/α-hetero) is 1. The van der Waals surface area contributed by atoms with E-state index in [2.05, 4.69) is 31.9 Å². The lowest BCUT2D eigenvalue weighted by atomic mass is 9.42. The lowest BCUT2D eigenvalue weighted by Crippen LogP contribution is -2.59. The summed E-state index contributed by atoms with van der Waals surface area (Å²) in [6.45, 7) is 9.55. The minimum atomic E-state index is -4.35. The zero-order valence-electron chi connectivity index (χ0n) is 20.5. The van der Waals surface area contributed by atoms with Crippen molar-refractivity contribution in [1.82, 2.24) is 0 Å². The van der Waals surface area contributed by atoms with Gasteiger partial charge in [0.2, 0.25) is 0 Å². The molecule has 32 heavy (non-hydrogen) atoms. The Labute approximate surface area is 195 Å². The van der Waals surface area contributed by atoms with Crippen LogP contribution in [0.2, 0.25) is 0 Å². The Hall–Kier alpha value is -0.460. The number of hydrogen-bond donors (Lipinski definition) is 1. The van der Waals surface area contributed by atoms with Crippen LogP contribution >= 0.6 is 0 Å². The first kappa shape index (κ1) is 24.7. The third kappa shape index (κ3) is 4.11. The lowest BCUT2D eigenvalue weighted by Gasteiger charge is -2.62. The number of carbonyl (C=O) groups excluding carboxylic acids is 1. The molecule has 0 heterocycles. The summed E-state index contributed by atoms with van der Waals surface area (Å²) < 4.78 is 34.9. The van der Waals surface area contributed by atoms with Gasteiger partial charge in [-0.05, 0) is 98.2 Å². The molecular weight excluding hydrogens is 424 g/mol. The summed E-state index contributed by atoms with van der Waals surface area (Å²) in [6.07, 6.45) is 12.5. The smallest absolute Gasteiger partial charge is 0.299 e. The molecule has 0 saturated heterocycles. The zero-order chi connectivity index (χ0) is 23.3. The molecule has 0 aromatic heterocycles. The molecule has 9 atom stereocenters. The highest BCUT2D eigenvalue weighted by Crippen LogP contribution is 2.68. The molecule has 0 spiro atoms. The first-order chi connectivity index (χ1) is 15.0. The van der Waals surface area contributed by atoms with Gasteiger partial charge in [0.25, 0.3) is 0 Å². The van der Waals surface area contributed by atoms with E-state index in [9.17, 15) is 13.2 Å². The molecule has 4 aliphatic carbocycles. The van der Waals surface area contributed by atoms with Crippen molar-refractivity contribution < 1.29 is 21.9 Å². The van der Waals surface area contributed by atoms with Crippen molar-refractivity contribution in [1.29, 1.82) is 0 Å². The molecular formula is C26H44O5S. The Morgan fingerprint density at radius 2 is 1.75 bits per heavy atom. The average Bonchev–Trinajstić information content (AvgIpc) is 3.08. The largest absolute Gasteiger partial charge is 0.397 e. The molecule has 4 fully saturated rings. The van der Waals surface area contributed by atoms with Crippen molar-refractivity contribution in [2.45, 2.75) is 98.3 Å². The first-order valence-corrected chi connectivity index (χ1v) is 14.5. The molecule has 4 saturated carbocycles. The minimum Gasteiger partial charge on any atom is -0.299 e. The molecule has 184 valence electrons. The van der Waals surface area contributed by atoms with E-state index >= 15 is 0 Å². The van der Waals surface area contributed by atoms with Crippen LogP contribution in [0.1, 0.15) is 98.3 Å². The van der Waals surface area contributed by atoms with Gasteiger partial charge in [-0.1, -0.05) is 40.5 Å². The van der Waals surface area contributed by atoms with Crippen molar-refractivity contribution in [2.75, 3.05) is 6.61 Å². The summed E-state index contributed by atoms with van der Waals surface area (Å²) in [7, 11) is -4.35. The maximum absolute atomic E-state index is 14.0. The number of ketones is 1. The molecule has 0 aromatic rings. The van der Waals surface area contributed by atoms with E-state index in [1.807, 2.05) is 0 Å². The quantitative estimate of drug-likeness (QED) is 0.361. The predicted molar refractivity (Wildman–Crippen MR) is 125 cm³/mol. The second-order valence-corrected chi connectivity index (χ2v) is 13.2. The van der Waals surface area contributed by atoms with Crippen LogP contribution in [0.3, 0.4) is 0 Å². The van der Waals surface area contributed by atoms with E-state index in [0.29, 0.717) is 47.2 Å². The normalized spacial score (nSPS) is 45.1. The predicted octanol–water partition coefficient (Wildman–Crippen LogP) is 6.09. The second-order valence-electron chi connectivity index (χ2n) is 12.1. The third-order valence-electron chi connectivity index (χ3n) is 10.9. The van der Waals surface area contributed by atoms with E-state index in [-0.39, 0.29) is 23.9 Å². The Bertz CT molecular complexity index is 809. The van der Waals surface area contributed by atoms with E-state index in [4.69, 9.17) is 4.55 Å². The monoisotopic (exact) mass is 468 g/mol. The van der Waals surface area contributed by atoms with Gasteiger partial charge in [0.15, 0.2) is 0 Å². The SMILES string of the molecule is CC[C@H]1C(=O)C2C3CC[C@H]([C@H](C)CCCOS(=O)(=O)O)[C@@]3(C)CCC2[C@@]2(C)CCCC[C@@H]12. The van der Waals surface area contributed by atoms with E-state index in [1.165, 1.54) is 44.9 Å². The molecule has 0 aromatic carbocycles. The van der Waals surface area contributed by atoms with Crippen LogP contribution < -0.4 is 0 Å². The van der Waals surface area contributed by atoms with Gasteiger partial charge >= 0.3 is 10.4 Å². The molecule has 5 nitrogen and oxygen atoms in total. The van der Waals surface area contributed by atoms with E-state index in [1.54, 1.807) is 0 Å². The Balaban J connectivity index is 1.51. The summed E-state index contributed by atoms with van der Waals surface area (Å²) in [5, 5.41) is 0. The summed E-state index contributed by atoms with van der Waals surface area (Å²) in [4.78, 5) is 14.0. The molecule has 1 N–H and O–H groups in total. The van der Waals surface area contributed by atoms with Gasteiger partial charge in [-0.2, -0.15) is 8.42 Å². The van der Waals surface area contributed by atoms with Crippen LogP contribution in [0.25, 0.3) is 0 Å². The van der Waals surface area contributed by atoms with Crippen molar-refractivity contribution in [3.05, 3.63) is 0 Å². The fraction of sp³-hybridized carbons (Fsp3) is 0.962. The third-order valence-corrected chi connectivity index (χ3v) is 11.3. The molecule has 0 radical (unpaired) electrons. The molecule has 4 rings (SSSR count). The van der Waals surface area contributed by atoms with Crippen LogP contribution in [0, 0.1) is 52.3 Å². The van der Waals surface area contributed by atoms with Crippen molar-refractivity contribution in [2.24, 2.45) is 52.3 Å².